The van der Waals surface area contributed by atoms with Crippen LogP contribution in [-0.4, -0.2) is 10.9 Å². The van der Waals surface area contributed by atoms with Gasteiger partial charge in [0.15, 0.2) is 28.8 Å². The Balaban J connectivity index is 3.45. The fourth-order valence-corrected chi connectivity index (χ4v) is 2.79. The predicted molar refractivity (Wildman–Crippen MR) is 103 cm³/mol. The first-order valence-electron chi connectivity index (χ1n) is 7.49. The Kier molecular flexibility index (Phi) is 7.55. The molecule has 0 bridgehead atoms. The molecule has 0 aliphatic carbocycles. The Labute approximate surface area is 152 Å². The van der Waals surface area contributed by atoms with E-state index in [-0.39, 0.29) is 11.5 Å². The first kappa shape index (κ1) is 19.5. The largest absolute Gasteiger partial charge is 0.508 e. The van der Waals surface area contributed by atoms with Crippen LogP contribution in [0.25, 0.3) is 0 Å². The van der Waals surface area contributed by atoms with Gasteiger partial charge in [-0.3, -0.25) is 4.79 Å². The molecule has 0 saturated carbocycles. The number of carbonyl (C=O) groups excluding carboxylic acids is 1. The summed E-state index contributed by atoms with van der Waals surface area (Å²) in [6.45, 7) is 11.5. The fourth-order valence-electron chi connectivity index (χ4n) is 2.44. The molecule has 0 spiro atoms. The smallest absolute Gasteiger partial charge is 0.192 e. The van der Waals surface area contributed by atoms with E-state index in [1.807, 2.05) is 32.9 Å². The third kappa shape index (κ3) is 4.96. The van der Waals surface area contributed by atoms with Gasteiger partial charge in [0, 0.05) is 5.56 Å². The number of halogens is 1. The summed E-state index contributed by atoms with van der Waals surface area (Å²) in [4.78, 5) is 13.1. The Morgan fingerprint density at radius 2 is 1.96 bits per heavy atom. The van der Waals surface area contributed by atoms with Crippen molar-refractivity contribution in [2.45, 2.75) is 40.0 Å². The standard InChI is InChI=1S/C19H23IO3/c1-6-14(15-9-7-8-10-16(15)21)19(22)18(13(4)5)17(23-20)11-12(2)3/h7-11,14,21H,4,6H2,1-3,5H3/b18-17-. The summed E-state index contributed by atoms with van der Waals surface area (Å²) in [6.07, 6.45) is 2.41. The highest BCUT2D eigenvalue weighted by molar-refractivity contribution is 14.1. The summed E-state index contributed by atoms with van der Waals surface area (Å²) in [5.74, 6) is 0.102. The lowest BCUT2D eigenvalue weighted by molar-refractivity contribution is -0.116. The average Bonchev–Trinajstić information content (AvgIpc) is 2.48. The number of phenols is 1. The lowest BCUT2D eigenvalue weighted by Crippen LogP contribution is -2.17. The molecule has 1 aromatic carbocycles. The minimum absolute atomic E-state index is 0.0920. The van der Waals surface area contributed by atoms with E-state index in [2.05, 4.69) is 6.58 Å². The van der Waals surface area contributed by atoms with Crippen molar-refractivity contribution in [1.29, 1.82) is 0 Å². The Morgan fingerprint density at radius 1 is 1.35 bits per heavy atom. The maximum atomic E-state index is 13.1. The zero-order valence-electron chi connectivity index (χ0n) is 14.0. The van der Waals surface area contributed by atoms with Crippen LogP contribution >= 0.6 is 23.0 Å². The Hall–Kier alpha value is -1.56. The molecule has 0 radical (unpaired) electrons. The third-order valence-corrected chi connectivity index (χ3v) is 3.93. The molecule has 1 N–H and O–H groups in total. The number of benzene rings is 1. The van der Waals surface area contributed by atoms with Crippen LogP contribution in [-0.2, 0) is 7.86 Å². The minimum atomic E-state index is -0.435. The zero-order valence-corrected chi connectivity index (χ0v) is 16.2. The van der Waals surface area contributed by atoms with Crippen molar-refractivity contribution in [1.82, 2.24) is 0 Å². The highest BCUT2D eigenvalue weighted by Gasteiger charge is 2.27. The number of Topliss-reactive ketones (excluding diaryl/α,β-unsaturated/α-hetero) is 1. The van der Waals surface area contributed by atoms with Gasteiger partial charge in [0.25, 0.3) is 0 Å². The SMILES string of the molecule is C=C(C)/C(C(=O)C(CC)c1ccccc1O)=C(\C=C(C)C)OI. The molecular weight excluding hydrogens is 403 g/mol. The molecule has 1 atom stereocenters. The molecule has 0 amide bonds. The summed E-state index contributed by atoms with van der Waals surface area (Å²) < 4.78 is 5.40. The van der Waals surface area contributed by atoms with Gasteiger partial charge < -0.3 is 8.17 Å². The van der Waals surface area contributed by atoms with Gasteiger partial charge in [0.1, 0.15) is 11.5 Å². The number of phenolic OH excluding ortho intramolecular Hbond substituents is 1. The van der Waals surface area contributed by atoms with Gasteiger partial charge in [-0.2, -0.15) is 0 Å². The molecule has 23 heavy (non-hydrogen) atoms. The molecule has 4 heteroatoms. The zero-order chi connectivity index (χ0) is 17.6. The molecule has 0 fully saturated rings. The highest BCUT2D eigenvalue weighted by Crippen LogP contribution is 2.33. The maximum absolute atomic E-state index is 13.1. The van der Waals surface area contributed by atoms with Gasteiger partial charge >= 0.3 is 0 Å². The summed E-state index contributed by atoms with van der Waals surface area (Å²) in [5.41, 5.74) is 2.77. The quantitative estimate of drug-likeness (QED) is 0.267. The van der Waals surface area contributed by atoms with Crippen molar-refractivity contribution in [3.05, 3.63) is 65.0 Å². The van der Waals surface area contributed by atoms with Crippen LogP contribution in [0.2, 0.25) is 0 Å². The molecule has 3 nitrogen and oxygen atoms in total. The normalized spacial score (nSPS) is 12.9. The summed E-state index contributed by atoms with van der Waals surface area (Å²) >= 11 is 1.78. The topological polar surface area (TPSA) is 46.5 Å². The molecule has 0 aromatic heterocycles. The molecular formula is C19H23IO3. The van der Waals surface area contributed by atoms with Crippen LogP contribution in [0.1, 0.15) is 45.6 Å². The van der Waals surface area contributed by atoms with Crippen molar-refractivity contribution >= 4 is 28.8 Å². The summed E-state index contributed by atoms with van der Waals surface area (Å²) in [5, 5.41) is 10.1. The van der Waals surface area contributed by atoms with Crippen molar-refractivity contribution in [3.8, 4) is 5.75 Å². The first-order chi connectivity index (χ1) is 10.8. The van der Waals surface area contributed by atoms with E-state index >= 15 is 0 Å². The molecule has 1 unspecified atom stereocenters. The molecule has 1 aromatic rings. The lowest BCUT2D eigenvalue weighted by Gasteiger charge is -2.19. The summed E-state index contributed by atoms with van der Waals surface area (Å²) in [6, 6.07) is 6.94. The van der Waals surface area contributed by atoms with Crippen LogP contribution in [0.4, 0.5) is 0 Å². The van der Waals surface area contributed by atoms with E-state index in [1.165, 1.54) is 0 Å². The van der Waals surface area contributed by atoms with E-state index in [0.717, 1.165) is 5.57 Å². The van der Waals surface area contributed by atoms with E-state index < -0.39 is 5.92 Å². The van der Waals surface area contributed by atoms with Crippen molar-refractivity contribution < 1.29 is 13.0 Å². The van der Waals surface area contributed by atoms with Gasteiger partial charge in [-0.15, -0.1) is 0 Å². The second kappa shape index (κ2) is 8.91. The minimum Gasteiger partial charge on any atom is -0.508 e. The molecule has 0 aliphatic heterocycles. The predicted octanol–water partition coefficient (Wildman–Crippen LogP) is 5.62. The Morgan fingerprint density at radius 3 is 2.39 bits per heavy atom. The van der Waals surface area contributed by atoms with Crippen LogP contribution < -0.4 is 0 Å². The van der Waals surface area contributed by atoms with Gasteiger partial charge in [0.05, 0.1) is 11.5 Å². The van der Waals surface area contributed by atoms with Gasteiger partial charge in [-0.25, -0.2) is 0 Å². The highest BCUT2D eigenvalue weighted by atomic mass is 127. The van der Waals surface area contributed by atoms with Crippen LogP contribution in [0.15, 0.2) is 59.4 Å². The maximum Gasteiger partial charge on any atom is 0.192 e. The number of rotatable bonds is 7. The fraction of sp³-hybridized carbons (Fsp3) is 0.316. The van der Waals surface area contributed by atoms with E-state index in [1.54, 1.807) is 48.1 Å². The van der Waals surface area contributed by atoms with Gasteiger partial charge in [-0.05, 0) is 44.9 Å². The van der Waals surface area contributed by atoms with Crippen LogP contribution in [0, 0.1) is 0 Å². The number of hydrogen-bond donors (Lipinski definition) is 1. The molecule has 1 rings (SSSR count). The molecule has 0 aliphatic rings. The number of allylic oxidation sites excluding steroid dienone is 4. The van der Waals surface area contributed by atoms with Crippen molar-refractivity contribution in [2.75, 3.05) is 0 Å². The van der Waals surface area contributed by atoms with Crippen LogP contribution in [0.3, 0.4) is 0 Å². The first-order valence-corrected chi connectivity index (χ1v) is 8.37. The van der Waals surface area contributed by atoms with Crippen molar-refractivity contribution in [3.63, 3.8) is 0 Å². The van der Waals surface area contributed by atoms with Gasteiger partial charge in [-0.1, -0.05) is 37.3 Å². The van der Waals surface area contributed by atoms with E-state index in [9.17, 15) is 9.90 Å². The second-order valence-corrected chi connectivity index (χ2v) is 6.14. The number of carbonyl (C=O) groups is 1. The number of hydrogen-bond acceptors (Lipinski definition) is 3. The monoisotopic (exact) mass is 426 g/mol. The summed E-state index contributed by atoms with van der Waals surface area (Å²) in [7, 11) is 0. The number of para-hydroxylation sites is 1. The Bertz CT molecular complexity index is 652. The van der Waals surface area contributed by atoms with Gasteiger partial charge in [0.2, 0.25) is 0 Å². The molecule has 0 saturated heterocycles. The average molecular weight is 426 g/mol. The van der Waals surface area contributed by atoms with E-state index in [0.29, 0.717) is 28.9 Å². The van der Waals surface area contributed by atoms with E-state index in [4.69, 9.17) is 3.07 Å². The number of ketones is 1. The third-order valence-electron chi connectivity index (χ3n) is 3.46. The molecule has 124 valence electrons. The lowest BCUT2D eigenvalue weighted by atomic mass is 9.85. The van der Waals surface area contributed by atoms with Crippen molar-refractivity contribution in [2.24, 2.45) is 0 Å². The second-order valence-electron chi connectivity index (χ2n) is 5.70. The number of aromatic hydroxyl groups is 1. The molecule has 0 heterocycles. The van der Waals surface area contributed by atoms with Crippen LogP contribution in [0.5, 0.6) is 5.75 Å².